The monoisotopic (exact) mass is 508 g/mol. The van der Waals surface area contributed by atoms with E-state index in [1.54, 1.807) is 0 Å². The van der Waals surface area contributed by atoms with Gasteiger partial charge in [-0.05, 0) is 71.9 Å². The second kappa shape index (κ2) is 15.6. The maximum absolute atomic E-state index is 11.5. The Morgan fingerprint density at radius 3 is 2.38 bits per heavy atom. The Hall–Kier alpha value is -2.63. The molecule has 0 unspecified atom stereocenters. The number of carbonyl (C=O) groups is 1. The smallest absolute Gasteiger partial charge is 0.330 e. The first-order valence-corrected chi connectivity index (χ1v) is 13.9. The maximum Gasteiger partial charge on any atom is 0.330 e. The molecule has 1 aliphatic carbocycles. The van der Waals surface area contributed by atoms with Gasteiger partial charge in [-0.1, -0.05) is 69.5 Å². The van der Waals surface area contributed by atoms with Gasteiger partial charge in [0.1, 0.15) is 5.75 Å². The molecular weight excluding hydrogens is 464 g/mol. The summed E-state index contributed by atoms with van der Waals surface area (Å²) in [7, 11) is 0. The van der Waals surface area contributed by atoms with Gasteiger partial charge in [-0.3, -0.25) is 0 Å². The number of hydrogen-bond donors (Lipinski definition) is 2. The molecule has 5 heteroatoms. The predicted molar refractivity (Wildman–Crippen MR) is 149 cm³/mol. The van der Waals surface area contributed by atoms with Crippen LogP contribution in [0.2, 0.25) is 0 Å². The molecule has 0 atom stereocenters. The van der Waals surface area contributed by atoms with E-state index in [1.165, 1.54) is 56.9 Å². The van der Waals surface area contributed by atoms with Crippen LogP contribution in [0.15, 0.2) is 55.1 Å². The minimum Gasteiger partial charge on any atom is -0.493 e. The van der Waals surface area contributed by atoms with Crippen LogP contribution in [0.5, 0.6) is 5.75 Å². The number of aliphatic hydroxyl groups excluding tert-OH is 2. The number of hydrogen-bond acceptors (Lipinski definition) is 5. The van der Waals surface area contributed by atoms with E-state index in [0.29, 0.717) is 18.1 Å². The van der Waals surface area contributed by atoms with E-state index in [2.05, 4.69) is 43.8 Å². The Balaban J connectivity index is 1.67. The summed E-state index contributed by atoms with van der Waals surface area (Å²) in [5.74, 6) is 1.44. The molecule has 1 saturated carbocycles. The van der Waals surface area contributed by atoms with E-state index in [4.69, 9.17) is 9.47 Å². The van der Waals surface area contributed by atoms with E-state index in [9.17, 15) is 15.0 Å². The summed E-state index contributed by atoms with van der Waals surface area (Å²) in [6.45, 7) is 5.85. The van der Waals surface area contributed by atoms with Gasteiger partial charge in [-0.25, -0.2) is 4.79 Å². The number of aliphatic hydroxyl groups is 2. The molecule has 0 aliphatic heterocycles. The minimum absolute atomic E-state index is 0.145. The van der Waals surface area contributed by atoms with Gasteiger partial charge in [-0.15, -0.1) is 0 Å². The Kier molecular flexibility index (Phi) is 12.2. The summed E-state index contributed by atoms with van der Waals surface area (Å²) in [6.07, 6.45) is 12.4. The molecule has 0 spiro atoms. The van der Waals surface area contributed by atoms with Crippen LogP contribution in [0, 0.1) is 11.8 Å². The van der Waals surface area contributed by atoms with Gasteiger partial charge in [0.05, 0.1) is 26.4 Å². The molecule has 0 aromatic heterocycles. The molecule has 0 heterocycles. The molecule has 0 radical (unpaired) electrons. The Labute approximate surface area is 222 Å². The van der Waals surface area contributed by atoms with E-state index in [0.717, 1.165) is 28.7 Å². The van der Waals surface area contributed by atoms with Gasteiger partial charge < -0.3 is 19.7 Å². The predicted octanol–water partition coefficient (Wildman–Crippen LogP) is 6.46. The van der Waals surface area contributed by atoms with Gasteiger partial charge >= 0.3 is 5.97 Å². The average Bonchev–Trinajstić information content (AvgIpc) is 2.94. The lowest BCUT2D eigenvalue weighted by atomic mass is 9.77. The topological polar surface area (TPSA) is 76.0 Å². The first-order valence-electron chi connectivity index (χ1n) is 13.9. The van der Waals surface area contributed by atoms with Crippen LogP contribution in [0.4, 0.5) is 0 Å². The van der Waals surface area contributed by atoms with E-state index in [-0.39, 0.29) is 32.3 Å². The molecular formula is C32H44O5. The van der Waals surface area contributed by atoms with Crippen molar-refractivity contribution in [2.24, 2.45) is 11.8 Å². The molecule has 2 N–H and O–H groups in total. The van der Waals surface area contributed by atoms with Gasteiger partial charge in [0.25, 0.3) is 0 Å². The lowest BCUT2D eigenvalue weighted by molar-refractivity contribution is -0.137. The second-order valence-corrected chi connectivity index (χ2v) is 10.3. The fourth-order valence-corrected chi connectivity index (χ4v) is 5.20. The summed E-state index contributed by atoms with van der Waals surface area (Å²) in [4.78, 5) is 11.5. The largest absolute Gasteiger partial charge is 0.493 e. The van der Waals surface area contributed by atoms with Crippen LogP contribution in [-0.2, 0) is 16.0 Å². The van der Waals surface area contributed by atoms with Crippen LogP contribution in [0.3, 0.4) is 0 Å². The average molecular weight is 509 g/mol. The quantitative estimate of drug-likeness (QED) is 0.164. The van der Waals surface area contributed by atoms with Gasteiger partial charge in [-0.2, -0.15) is 0 Å². The summed E-state index contributed by atoms with van der Waals surface area (Å²) < 4.78 is 11.1. The normalized spacial score (nSPS) is 17.5. The van der Waals surface area contributed by atoms with E-state index in [1.807, 2.05) is 12.1 Å². The highest BCUT2D eigenvalue weighted by Gasteiger charge is 2.22. The van der Waals surface area contributed by atoms with Gasteiger partial charge in [0.15, 0.2) is 0 Å². The lowest BCUT2D eigenvalue weighted by Gasteiger charge is -2.29. The second-order valence-electron chi connectivity index (χ2n) is 10.3. The van der Waals surface area contributed by atoms with Crippen LogP contribution < -0.4 is 4.74 Å². The number of carbonyl (C=O) groups excluding carboxylic acids is 1. The molecule has 0 saturated heterocycles. The third-order valence-electron chi connectivity index (χ3n) is 7.61. The van der Waals surface area contributed by atoms with Gasteiger partial charge in [0.2, 0.25) is 0 Å². The molecule has 5 nitrogen and oxygen atoms in total. The first kappa shape index (κ1) is 28.9. The van der Waals surface area contributed by atoms with Crippen LogP contribution >= 0.6 is 0 Å². The minimum atomic E-state index is -0.454. The van der Waals surface area contributed by atoms with E-state index >= 15 is 0 Å². The number of unbranched alkanes of at least 4 members (excludes halogenated alkanes) is 2. The maximum atomic E-state index is 11.5. The third kappa shape index (κ3) is 9.01. The summed E-state index contributed by atoms with van der Waals surface area (Å²) in [6, 6.07) is 15.0. The number of benzene rings is 2. The zero-order valence-electron chi connectivity index (χ0n) is 22.4. The molecule has 2 aromatic carbocycles. The van der Waals surface area contributed by atoms with Crippen molar-refractivity contribution in [2.45, 2.75) is 70.6 Å². The Morgan fingerprint density at radius 1 is 1.03 bits per heavy atom. The first-order chi connectivity index (χ1) is 18.1. The molecule has 2 aromatic rings. The highest BCUT2D eigenvalue weighted by Crippen LogP contribution is 2.38. The zero-order valence-corrected chi connectivity index (χ0v) is 22.4. The molecule has 1 aliphatic rings. The lowest BCUT2D eigenvalue weighted by Crippen LogP contribution is -2.20. The van der Waals surface area contributed by atoms with Crippen molar-refractivity contribution in [1.82, 2.24) is 0 Å². The highest BCUT2D eigenvalue weighted by molar-refractivity contribution is 5.81. The van der Waals surface area contributed by atoms with Crippen molar-refractivity contribution >= 4 is 5.97 Å². The molecule has 37 heavy (non-hydrogen) atoms. The SMILES string of the molecule is C=CC(=O)OCCc1cc(-c2ccc(C3CCC(CCCCC)CC3)cc2)ccc1OCC(CO)CO. The fraction of sp³-hybridized carbons (Fsp3) is 0.531. The Morgan fingerprint density at radius 2 is 1.73 bits per heavy atom. The fourth-order valence-electron chi connectivity index (χ4n) is 5.20. The third-order valence-corrected chi connectivity index (χ3v) is 7.61. The van der Waals surface area contributed by atoms with Crippen LogP contribution in [-0.4, -0.2) is 42.6 Å². The van der Waals surface area contributed by atoms with Crippen molar-refractivity contribution in [3.05, 3.63) is 66.2 Å². The zero-order chi connectivity index (χ0) is 26.5. The molecule has 3 rings (SSSR count). The molecule has 202 valence electrons. The molecule has 1 fully saturated rings. The summed E-state index contributed by atoms with van der Waals surface area (Å²) in [5.41, 5.74) is 4.56. The molecule has 0 bridgehead atoms. The van der Waals surface area contributed by atoms with Gasteiger partial charge in [0, 0.05) is 18.4 Å². The summed E-state index contributed by atoms with van der Waals surface area (Å²) in [5, 5.41) is 18.7. The highest BCUT2D eigenvalue weighted by atomic mass is 16.5. The van der Waals surface area contributed by atoms with Crippen molar-refractivity contribution in [1.29, 1.82) is 0 Å². The van der Waals surface area contributed by atoms with E-state index < -0.39 is 5.97 Å². The Bertz CT molecular complexity index is 956. The van der Waals surface area contributed by atoms with Crippen LogP contribution in [0.1, 0.15) is 75.3 Å². The van der Waals surface area contributed by atoms with Crippen molar-refractivity contribution < 1.29 is 24.5 Å². The van der Waals surface area contributed by atoms with Crippen LogP contribution in [0.25, 0.3) is 11.1 Å². The van der Waals surface area contributed by atoms with Crippen molar-refractivity contribution in [3.63, 3.8) is 0 Å². The van der Waals surface area contributed by atoms with Crippen molar-refractivity contribution in [2.75, 3.05) is 26.4 Å². The molecule has 0 amide bonds. The standard InChI is InChI=1S/C32H44O5/c1-3-5-6-7-24-8-10-26(11-9-24)27-12-14-28(15-13-27)29-16-17-31(37-23-25(21-33)22-34)30(20-29)18-19-36-32(35)4-2/h4,12-17,20,24-26,33-34H,2-3,5-11,18-19,21-23H2,1H3. The number of esters is 1. The number of rotatable bonds is 15. The van der Waals surface area contributed by atoms with Crippen molar-refractivity contribution in [3.8, 4) is 16.9 Å². The number of ether oxygens (including phenoxy) is 2. The summed E-state index contributed by atoms with van der Waals surface area (Å²) >= 11 is 0.